The molecule has 0 spiro atoms. The van der Waals surface area contributed by atoms with Crippen LogP contribution in [0.4, 0.5) is 0 Å². The summed E-state index contributed by atoms with van der Waals surface area (Å²) in [6.45, 7) is 5.74. The van der Waals surface area contributed by atoms with Crippen LogP contribution >= 0.6 is 58.7 Å². The molecule has 1 aliphatic heterocycles. The van der Waals surface area contributed by atoms with Gasteiger partial charge in [0, 0.05) is 38.1 Å². The van der Waals surface area contributed by atoms with E-state index in [2.05, 4.69) is 20.5 Å². The molecule has 176 valence electrons. The van der Waals surface area contributed by atoms with E-state index < -0.39 is 0 Å². The molecule has 12 heteroatoms. The Morgan fingerprint density at radius 3 is 2.88 bits per heavy atom. The van der Waals surface area contributed by atoms with Crippen LogP contribution in [-0.4, -0.2) is 66.3 Å². The van der Waals surface area contributed by atoms with Gasteiger partial charge in [0.25, 0.3) is 5.91 Å². The predicted molar refractivity (Wildman–Crippen MR) is 133 cm³/mol. The highest BCUT2D eigenvalue weighted by Crippen LogP contribution is 2.24. The second-order valence-corrected chi connectivity index (χ2v) is 9.82. The van der Waals surface area contributed by atoms with Crippen molar-refractivity contribution in [3.63, 3.8) is 0 Å². The Balaban J connectivity index is 0.00000363. The van der Waals surface area contributed by atoms with Crippen molar-refractivity contribution in [3.8, 4) is 0 Å². The molecule has 1 aromatic heterocycles. The first-order chi connectivity index (χ1) is 14.9. The Morgan fingerprint density at radius 2 is 2.12 bits per heavy atom. The van der Waals surface area contributed by atoms with Crippen molar-refractivity contribution in [1.82, 2.24) is 20.5 Å². The third-order valence-corrected chi connectivity index (χ3v) is 7.28. The monoisotopic (exact) mass is 538 g/mol. The van der Waals surface area contributed by atoms with Crippen molar-refractivity contribution in [2.75, 3.05) is 38.5 Å². The van der Waals surface area contributed by atoms with Gasteiger partial charge in [-0.2, -0.15) is 0 Å². The van der Waals surface area contributed by atoms with Crippen LogP contribution in [0.1, 0.15) is 23.0 Å². The summed E-state index contributed by atoms with van der Waals surface area (Å²) in [6.07, 6.45) is -0.0744. The normalized spacial score (nSPS) is 16.3. The number of hydrogen-bond acceptors (Lipinski definition) is 7. The summed E-state index contributed by atoms with van der Waals surface area (Å²) >= 11 is 14.8. The molecule has 3 rings (SSSR count). The van der Waals surface area contributed by atoms with Gasteiger partial charge in [-0.3, -0.25) is 14.5 Å². The van der Waals surface area contributed by atoms with Crippen LogP contribution in [0.5, 0.6) is 0 Å². The molecule has 1 fully saturated rings. The molecular formula is C20H25Cl3N4O3S2. The maximum Gasteiger partial charge on any atom is 0.270 e. The van der Waals surface area contributed by atoms with E-state index in [-0.39, 0.29) is 36.1 Å². The number of thioether (sulfide) groups is 1. The second kappa shape index (κ2) is 13.6. The van der Waals surface area contributed by atoms with E-state index in [0.717, 1.165) is 25.2 Å². The number of aromatic nitrogens is 1. The summed E-state index contributed by atoms with van der Waals surface area (Å²) in [5, 5.41) is 8.42. The lowest BCUT2D eigenvalue weighted by atomic mass is 10.2. The molecule has 0 saturated carbocycles. The summed E-state index contributed by atoms with van der Waals surface area (Å²) in [6, 6.07) is 5.65. The smallest absolute Gasteiger partial charge is 0.270 e. The molecule has 1 aliphatic rings. The van der Waals surface area contributed by atoms with Crippen LogP contribution in [0.2, 0.25) is 10.0 Å². The standard InChI is InChI=1S/C20H24Cl2N4O3S2.ClH/c1-2-23-19(28)17-11-30-20(25-17)31-12-18(27)24-8-14-10-26(5-6-29-14)9-13-3-4-15(21)16(22)7-13;/h3-4,7,11,14H,2,5-6,8-10,12H2,1H3,(H,23,28)(H,24,27);1H/t14-;/m0./s1. The number of hydrogen-bond donors (Lipinski definition) is 2. The van der Waals surface area contributed by atoms with Crippen LogP contribution in [0, 0.1) is 0 Å². The Labute approximate surface area is 212 Å². The quantitative estimate of drug-likeness (QED) is 0.473. The summed E-state index contributed by atoms with van der Waals surface area (Å²) in [5.74, 6) is -0.0536. The zero-order valence-electron chi connectivity index (χ0n) is 17.4. The predicted octanol–water partition coefficient (Wildman–Crippen LogP) is 3.73. The second-order valence-electron chi connectivity index (χ2n) is 6.93. The van der Waals surface area contributed by atoms with Crippen LogP contribution in [0.25, 0.3) is 0 Å². The van der Waals surface area contributed by atoms with E-state index in [9.17, 15) is 9.59 Å². The number of benzene rings is 1. The molecule has 2 amide bonds. The molecule has 1 atom stereocenters. The molecule has 1 saturated heterocycles. The fraction of sp³-hybridized carbons (Fsp3) is 0.450. The summed E-state index contributed by atoms with van der Waals surface area (Å²) in [7, 11) is 0. The third kappa shape index (κ3) is 8.37. The molecule has 0 aliphatic carbocycles. The lowest BCUT2D eigenvalue weighted by molar-refractivity contribution is -0.119. The van der Waals surface area contributed by atoms with Crippen molar-refractivity contribution in [1.29, 1.82) is 0 Å². The van der Waals surface area contributed by atoms with Gasteiger partial charge in [0.1, 0.15) is 5.69 Å². The molecule has 0 bridgehead atoms. The Bertz CT molecular complexity index is 916. The average molecular weight is 540 g/mol. The molecule has 2 aromatic rings. The third-order valence-electron chi connectivity index (χ3n) is 4.52. The van der Waals surface area contributed by atoms with Crippen LogP contribution in [-0.2, 0) is 16.1 Å². The van der Waals surface area contributed by atoms with Crippen molar-refractivity contribution < 1.29 is 14.3 Å². The summed E-state index contributed by atoms with van der Waals surface area (Å²) < 4.78 is 6.48. The minimum atomic E-state index is -0.199. The number of nitrogens with zero attached hydrogens (tertiary/aromatic N) is 2. The first-order valence-electron chi connectivity index (χ1n) is 9.85. The number of rotatable bonds is 9. The largest absolute Gasteiger partial charge is 0.374 e. The van der Waals surface area contributed by atoms with Crippen LogP contribution in [0.3, 0.4) is 0 Å². The highest BCUT2D eigenvalue weighted by Gasteiger charge is 2.21. The number of thiazole rings is 1. The number of morpholine rings is 1. The minimum Gasteiger partial charge on any atom is -0.374 e. The van der Waals surface area contributed by atoms with E-state index in [1.165, 1.54) is 23.1 Å². The van der Waals surface area contributed by atoms with E-state index in [0.29, 0.717) is 39.8 Å². The lowest BCUT2D eigenvalue weighted by Crippen LogP contribution is -2.47. The molecule has 1 aromatic carbocycles. The first-order valence-corrected chi connectivity index (χ1v) is 12.5. The highest BCUT2D eigenvalue weighted by atomic mass is 35.5. The van der Waals surface area contributed by atoms with Gasteiger partial charge in [-0.05, 0) is 24.6 Å². The molecule has 32 heavy (non-hydrogen) atoms. The van der Waals surface area contributed by atoms with Crippen molar-refractivity contribution in [2.45, 2.75) is 23.9 Å². The zero-order chi connectivity index (χ0) is 22.2. The maximum atomic E-state index is 12.2. The highest BCUT2D eigenvalue weighted by molar-refractivity contribution is 8.01. The number of carbonyl (C=O) groups excluding carboxylic acids is 2. The van der Waals surface area contributed by atoms with Gasteiger partial charge in [-0.15, -0.1) is 23.7 Å². The topological polar surface area (TPSA) is 83.6 Å². The number of halogens is 3. The number of carbonyl (C=O) groups is 2. The maximum absolute atomic E-state index is 12.2. The number of amides is 2. The van der Waals surface area contributed by atoms with Crippen LogP contribution < -0.4 is 10.6 Å². The molecular weight excluding hydrogens is 515 g/mol. The lowest BCUT2D eigenvalue weighted by Gasteiger charge is -2.33. The number of nitrogens with one attached hydrogen (secondary N) is 2. The molecule has 7 nitrogen and oxygen atoms in total. The molecule has 0 unspecified atom stereocenters. The SMILES string of the molecule is CCNC(=O)c1csc(SCC(=O)NC[C@H]2CN(Cc3ccc(Cl)c(Cl)c3)CCO2)n1.Cl. The molecule has 2 N–H and O–H groups in total. The fourth-order valence-corrected chi connectivity index (χ4v) is 4.99. The van der Waals surface area contributed by atoms with Gasteiger partial charge in [0.05, 0.1) is 28.5 Å². The van der Waals surface area contributed by atoms with Crippen molar-refractivity contribution >= 4 is 70.5 Å². The van der Waals surface area contributed by atoms with Gasteiger partial charge in [-0.25, -0.2) is 4.98 Å². The summed E-state index contributed by atoms with van der Waals surface area (Å²) in [4.78, 5) is 30.5. The fourth-order valence-electron chi connectivity index (χ4n) is 3.03. The number of ether oxygens (including phenoxy) is 1. The van der Waals surface area contributed by atoms with E-state index >= 15 is 0 Å². The minimum absolute atomic E-state index is 0. The van der Waals surface area contributed by atoms with Gasteiger partial charge in [-0.1, -0.05) is 41.0 Å². The Morgan fingerprint density at radius 1 is 1.31 bits per heavy atom. The molecule has 0 radical (unpaired) electrons. The summed E-state index contributed by atoms with van der Waals surface area (Å²) in [5.41, 5.74) is 1.47. The van der Waals surface area contributed by atoms with Crippen LogP contribution in [0.15, 0.2) is 27.9 Å². The van der Waals surface area contributed by atoms with Gasteiger partial charge >= 0.3 is 0 Å². The molecule has 2 heterocycles. The van der Waals surface area contributed by atoms with E-state index in [1.807, 2.05) is 19.1 Å². The van der Waals surface area contributed by atoms with Crippen molar-refractivity contribution in [3.05, 3.63) is 44.9 Å². The van der Waals surface area contributed by atoms with Gasteiger partial charge < -0.3 is 15.4 Å². The average Bonchev–Trinajstić information content (AvgIpc) is 3.23. The zero-order valence-corrected chi connectivity index (χ0v) is 21.4. The Kier molecular flexibility index (Phi) is 11.5. The van der Waals surface area contributed by atoms with Gasteiger partial charge in [0.15, 0.2) is 4.34 Å². The van der Waals surface area contributed by atoms with Crippen molar-refractivity contribution in [2.24, 2.45) is 0 Å². The van der Waals surface area contributed by atoms with Gasteiger partial charge in [0.2, 0.25) is 5.91 Å². The Hall–Kier alpha value is -1.07. The van der Waals surface area contributed by atoms with E-state index in [4.69, 9.17) is 27.9 Å². The van der Waals surface area contributed by atoms with E-state index in [1.54, 1.807) is 11.4 Å². The first kappa shape index (κ1) is 27.2.